The third kappa shape index (κ3) is 4.94. The predicted molar refractivity (Wildman–Crippen MR) is 79.2 cm³/mol. The maximum Gasteiger partial charge on any atom is 0.0717 e. The summed E-state index contributed by atoms with van der Waals surface area (Å²) in [4.78, 5) is 2.39. The number of nitrogens with zero attached hydrogens (tertiary/aromatic N) is 1. The van der Waals surface area contributed by atoms with Crippen LogP contribution in [-0.2, 0) is 11.3 Å². The van der Waals surface area contributed by atoms with Crippen molar-refractivity contribution in [2.45, 2.75) is 20.0 Å². The highest BCUT2D eigenvalue weighted by Gasteiger charge is 2.29. The molecule has 1 aromatic rings. The Hall–Kier alpha value is -0.900. The minimum absolute atomic E-state index is 0.439. The molecule has 1 fully saturated rings. The fourth-order valence-corrected chi connectivity index (χ4v) is 2.72. The van der Waals surface area contributed by atoms with Crippen molar-refractivity contribution in [2.75, 3.05) is 39.8 Å². The first-order valence-corrected chi connectivity index (χ1v) is 7.19. The molecular formula is C16H26N2O. The second-order valence-electron chi connectivity index (χ2n) is 6.01. The summed E-state index contributed by atoms with van der Waals surface area (Å²) < 4.78 is 5.73. The average molecular weight is 262 g/mol. The number of nitrogens with one attached hydrogen (secondary N) is 1. The van der Waals surface area contributed by atoms with Crippen LogP contribution in [0.3, 0.4) is 0 Å². The fraction of sp³-hybridized carbons (Fsp3) is 0.625. The minimum Gasteiger partial charge on any atom is -0.375 e. The van der Waals surface area contributed by atoms with Crippen LogP contribution in [-0.4, -0.2) is 44.7 Å². The molecule has 3 heteroatoms. The van der Waals surface area contributed by atoms with E-state index >= 15 is 0 Å². The van der Waals surface area contributed by atoms with E-state index in [1.165, 1.54) is 12.0 Å². The van der Waals surface area contributed by atoms with E-state index in [2.05, 4.69) is 48.5 Å². The maximum absolute atomic E-state index is 5.73. The van der Waals surface area contributed by atoms with Crippen LogP contribution < -0.4 is 5.32 Å². The van der Waals surface area contributed by atoms with E-state index in [-0.39, 0.29) is 0 Å². The van der Waals surface area contributed by atoms with Gasteiger partial charge in [-0.1, -0.05) is 37.3 Å². The molecule has 1 aliphatic heterocycles. The molecule has 0 bridgehead atoms. The van der Waals surface area contributed by atoms with Crippen LogP contribution in [0.15, 0.2) is 30.3 Å². The van der Waals surface area contributed by atoms with Gasteiger partial charge in [-0.25, -0.2) is 0 Å². The Kier molecular flexibility index (Phi) is 5.37. The van der Waals surface area contributed by atoms with Crippen molar-refractivity contribution in [1.82, 2.24) is 10.2 Å². The zero-order valence-electron chi connectivity index (χ0n) is 12.2. The number of benzene rings is 1. The van der Waals surface area contributed by atoms with Crippen LogP contribution in [0.25, 0.3) is 0 Å². The summed E-state index contributed by atoms with van der Waals surface area (Å²) in [6.45, 7) is 8.34. The molecule has 0 saturated carbocycles. The van der Waals surface area contributed by atoms with Crippen molar-refractivity contribution in [3.63, 3.8) is 0 Å². The second kappa shape index (κ2) is 7.04. The second-order valence-corrected chi connectivity index (χ2v) is 6.01. The molecule has 1 saturated heterocycles. The Bertz CT molecular complexity index is 360. The van der Waals surface area contributed by atoms with Gasteiger partial charge in [0.1, 0.15) is 0 Å². The molecule has 1 aromatic carbocycles. The Morgan fingerprint density at radius 1 is 1.32 bits per heavy atom. The van der Waals surface area contributed by atoms with Gasteiger partial charge < -0.3 is 15.0 Å². The van der Waals surface area contributed by atoms with Gasteiger partial charge in [0.2, 0.25) is 0 Å². The van der Waals surface area contributed by atoms with Crippen LogP contribution >= 0.6 is 0 Å². The summed E-state index contributed by atoms with van der Waals surface area (Å²) in [5, 5.41) is 3.45. The van der Waals surface area contributed by atoms with Crippen molar-refractivity contribution < 1.29 is 4.74 Å². The molecular weight excluding hydrogens is 236 g/mol. The molecule has 0 aromatic heterocycles. The first kappa shape index (κ1) is 14.5. The molecule has 0 spiro atoms. The van der Waals surface area contributed by atoms with Crippen molar-refractivity contribution in [3.05, 3.63) is 35.9 Å². The van der Waals surface area contributed by atoms with Gasteiger partial charge in [-0.3, -0.25) is 0 Å². The van der Waals surface area contributed by atoms with E-state index in [0.717, 1.165) is 32.8 Å². The minimum atomic E-state index is 0.439. The lowest BCUT2D eigenvalue weighted by Gasteiger charge is -2.29. The molecule has 106 valence electrons. The summed E-state index contributed by atoms with van der Waals surface area (Å²) in [6, 6.07) is 10.4. The standard InChI is InChI=1S/C16H26N2O/c1-16(8-9-17-13-16)14-18(2)10-11-19-12-15-6-4-3-5-7-15/h3-7,17H,8-14H2,1-2H3. The fourth-order valence-electron chi connectivity index (χ4n) is 2.72. The molecule has 1 N–H and O–H groups in total. The monoisotopic (exact) mass is 262 g/mol. The molecule has 1 aliphatic rings. The van der Waals surface area contributed by atoms with Crippen molar-refractivity contribution >= 4 is 0 Å². The number of ether oxygens (including phenoxy) is 1. The summed E-state index contributed by atoms with van der Waals surface area (Å²) in [7, 11) is 2.19. The van der Waals surface area contributed by atoms with E-state index in [9.17, 15) is 0 Å². The Morgan fingerprint density at radius 3 is 2.79 bits per heavy atom. The number of hydrogen-bond donors (Lipinski definition) is 1. The zero-order chi connectivity index (χ0) is 13.6. The summed E-state index contributed by atoms with van der Waals surface area (Å²) >= 11 is 0. The van der Waals surface area contributed by atoms with Crippen LogP contribution in [0.2, 0.25) is 0 Å². The normalized spacial score (nSPS) is 23.1. The topological polar surface area (TPSA) is 24.5 Å². The molecule has 1 atom stereocenters. The van der Waals surface area contributed by atoms with Gasteiger partial charge in [-0.2, -0.15) is 0 Å². The molecule has 1 unspecified atom stereocenters. The number of hydrogen-bond acceptors (Lipinski definition) is 3. The molecule has 0 aliphatic carbocycles. The Labute approximate surface area is 116 Å². The lowest BCUT2D eigenvalue weighted by atomic mass is 9.89. The third-order valence-corrected chi connectivity index (χ3v) is 3.84. The molecule has 19 heavy (non-hydrogen) atoms. The van der Waals surface area contributed by atoms with E-state index < -0.39 is 0 Å². The summed E-state index contributed by atoms with van der Waals surface area (Å²) in [5.74, 6) is 0. The van der Waals surface area contributed by atoms with Crippen molar-refractivity contribution in [3.8, 4) is 0 Å². The van der Waals surface area contributed by atoms with Gasteiger partial charge >= 0.3 is 0 Å². The quantitative estimate of drug-likeness (QED) is 0.762. The van der Waals surface area contributed by atoms with E-state index in [0.29, 0.717) is 12.0 Å². The van der Waals surface area contributed by atoms with E-state index in [1.807, 2.05) is 6.07 Å². The number of likely N-dealkylation sites (N-methyl/N-ethyl adjacent to an activating group) is 1. The predicted octanol–water partition coefficient (Wildman–Crippen LogP) is 2.13. The lowest BCUT2D eigenvalue weighted by Crippen LogP contribution is -2.36. The van der Waals surface area contributed by atoms with Gasteiger partial charge in [0, 0.05) is 19.6 Å². The summed E-state index contributed by atoms with van der Waals surface area (Å²) in [6.07, 6.45) is 1.28. The molecule has 2 rings (SSSR count). The molecule has 1 heterocycles. The highest BCUT2D eigenvalue weighted by molar-refractivity contribution is 5.13. The van der Waals surface area contributed by atoms with Crippen LogP contribution in [0, 0.1) is 5.41 Å². The van der Waals surface area contributed by atoms with Gasteiger partial charge in [-0.15, -0.1) is 0 Å². The highest BCUT2D eigenvalue weighted by atomic mass is 16.5. The van der Waals surface area contributed by atoms with Crippen LogP contribution in [0.1, 0.15) is 18.9 Å². The lowest BCUT2D eigenvalue weighted by molar-refractivity contribution is 0.0885. The first-order chi connectivity index (χ1) is 9.18. The molecule has 0 amide bonds. The average Bonchev–Trinajstić information content (AvgIpc) is 2.82. The van der Waals surface area contributed by atoms with Crippen molar-refractivity contribution in [2.24, 2.45) is 5.41 Å². The van der Waals surface area contributed by atoms with Gasteiger partial charge in [-0.05, 0) is 31.0 Å². The Morgan fingerprint density at radius 2 is 2.11 bits per heavy atom. The third-order valence-electron chi connectivity index (χ3n) is 3.84. The molecule has 0 radical (unpaired) electrons. The van der Waals surface area contributed by atoms with Gasteiger partial charge in [0.25, 0.3) is 0 Å². The Balaban J connectivity index is 1.60. The summed E-state index contributed by atoms with van der Waals surface area (Å²) in [5.41, 5.74) is 1.69. The highest BCUT2D eigenvalue weighted by Crippen LogP contribution is 2.24. The molecule has 3 nitrogen and oxygen atoms in total. The smallest absolute Gasteiger partial charge is 0.0717 e. The number of rotatable bonds is 7. The van der Waals surface area contributed by atoms with Crippen molar-refractivity contribution in [1.29, 1.82) is 0 Å². The maximum atomic E-state index is 5.73. The van der Waals surface area contributed by atoms with Crippen LogP contribution in [0.4, 0.5) is 0 Å². The van der Waals surface area contributed by atoms with E-state index in [4.69, 9.17) is 4.74 Å². The van der Waals surface area contributed by atoms with Gasteiger partial charge in [0.05, 0.1) is 13.2 Å². The first-order valence-electron chi connectivity index (χ1n) is 7.19. The SMILES string of the molecule is CN(CCOCc1ccccc1)CC1(C)CCNC1. The van der Waals surface area contributed by atoms with Gasteiger partial charge in [0.15, 0.2) is 0 Å². The largest absolute Gasteiger partial charge is 0.375 e. The van der Waals surface area contributed by atoms with Crippen LogP contribution in [0.5, 0.6) is 0 Å². The van der Waals surface area contributed by atoms with E-state index in [1.54, 1.807) is 0 Å². The zero-order valence-corrected chi connectivity index (χ0v) is 12.2.